The van der Waals surface area contributed by atoms with Crippen molar-refractivity contribution in [1.82, 2.24) is 10.4 Å². The topological polar surface area (TPSA) is 74.6 Å². The molecule has 2 rings (SSSR count). The molecule has 0 unspecified atom stereocenters. The number of phenolic OH excluding ortho intramolecular Hbond substituents is 1. The van der Waals surface area contributed by atoms with Crippen LogP contribution in [0.1, 0.15) is 5.56 Å². The van der Waals surface area contributed by atoms with Crippen molar-refractivity contribution in [3.8, 4) is 5.75 Å². The van der Waals surface area contributed by atoms with Gasteiger partial charge in [0.1, 0.15) is 5.75 Å². The minimum Gasteiger partial charge on any atom is -0.508 e. The second-order valence-electron chi connectivity index (χ2n) is 3.84. The molecule has 0 bridgehead atoms. The summed E-state index contributed by atoms with van der Waals surface area (Å²) in [7, 11) is 0. The fourth-order valence-electron chi connectivity index (χ4n) is 1.39. The number of nitrogens with zero attached hydrogens (tertiary/aromatic N) is 2. The van der Waals surface area contributed by atoms with Crippen molar-refractivity contribution in [3.05, 3.63) is 54.2 Å². The molecule has 2 aromatic rings. The number of carbonyl (C=O) groups excluding carboxylic acids is 1. The van der Waals surface area contributed by atoms with Crippen LogP contribution in [-0.2, 0) is 4.79 Å². The molecule has 0 radical (unpaired) electrons. The molecule has 0 saturated carbocycles. The van der Waals surface area contributed by atoms with Gasteiger partial charge >= 0.3 is 0 Å². The van der Waals surface area contributed by atoms with Gasteiger partial charge in [0.25, 0.3) is 0 Å². The summed E-state index contributed by atoms with van der Waals surface area (Å²) in [5.41, 5.74) is 3.13. The van der Waals surface area contributed by atoms with Crippen molar-refractivity contribution in [2.75, 3.05) is 5.75 Å². The van der Waals surface area contributed by atoms with Gasteiger partial charge in [-0.15, -0.1) is 0 Å². The summed E-state index contributed by atoms with van der Waals surface area (Å²) in [4.78, 5) is 15.7. The molecule has 0 spiro atoms. The van der Waals surface area contributed by atoms with Crippen molar-refractivity contribution >= 4 is 23.9 Å². The second kappa shape index (κ2) is 7.30. The maximum atomic E-state index is 11.6. The first kappa shape index (κ1) is 14.1. The monoisotopic (exact) mass is 287 g/mol. The first-order valence-corrected chi connectivity index (χ1v) is 6.87. The number of thioether (sulfide) groups is 1. The zero-order valence-electron chi connectivity index (χ0n) is 10.6. The number of carbonyl (C=O) groups is 1. The summed E-state index contributed by atoms with van der Waals surface area (Å²) in [6.07, 6.45) is 3.16. The average Bonchev–Trinajstić information content (AvgIpc) is 2.46. The van der Waals surface area contributed by atoms with Crippen molar-refractivity contribution in [1.29, 1.82) is 0 Å². The number of pyridine rings is 1. The Morgan fingerprint density at radius 2 is 2.25 bits per heavy atom. The molecular weight excluding hydrogens is 274 g/mol. The van der Waals surface area contributed by atoms with Gasteiger partial charge in [-0.05, 0) is 29.8 Å². The lowest BCUT2D eigenvalue weighted by Crippen LogP contribution is -2.19. The lowest BCUT2D eigenvalue weighted by molar-refractivity contribution is -0.118. The van der Waals surface area contributed by atoms with Gasteiger partial charge in [-0.25, -0.2) is 10.4 Å². The molecule has 1 amide bonds. The maximum Gasteiger partial charge on any atom is 0.250 e. The molecule has 0 saturated heterocycles. The van der Waals surface area contributed by atoms with Crippen molar-refractivity contribution in [2.24, 2.45) is 5.10 Å². The minimum absolute atomic E-state index is 0.158. The molecule has 0 atom stereocenters. The van der Waals surface area contributed by atoms with Gasteiger partial charge in [-0.1, -0.05) is 30.0 Å². The number of aromatic hydroxyl groups is 1. The number of hydrogen-bond acceptors (Lipinski definition) is 5. The molecule has 0 aliphatic carbocycles. The first-order chi connectivity index (χ1) is 9.74. The van der Waals surface area contributed by atoms with Crippen molar-refractivity contribution in [3.63, 3.8) is 0 Å². The zero-order chi connectivity index (χ0) is 14.2. The highest BCUT2D eigenvalue weighted by Gasteiger charge is 2.01. The lowest BCUT2D eigenvalue weighted by Gasteiger charge is -1.99. The van der Waals surface area contributed by atoms with Crippen LogP contribution in [-0.4, -0.2) is 28.0 Å². The van der Waals surface area contributed by atoms with Crippen molar-refractivity contribution < 1.29 is 9.90 Å². The third-order valence-corrected chi connectivity index (χ3v) is 3.21. The molecular formula is C14H13N3O2S. The van der Waals surface area contributed by atoms with Gasteiger partial charge in [0.2, 0.25) is 5.91 Å². The number of amides is 1. The normalized spacial score (nSPS) is 10.6. The maximum absolute atomic E-state index is 11.6. The van der Waals surface area contributed by atoms with E-state index in [0.717, 1.165) is 5.03 Å². The Labute approximate surface area is 120 Å². The predicted octanol–water partition coefficient (Wildman–Crippen LogP) is 2.03. The van der Waals surface area contributed by atoms with E-state index in [-0.39, 0.29) is 17.4 Å². The molecule has 0 fully saturated rings. The van der Waals surface area contributed by atoms with Crippen LogP contribution >= 0.6 is 11.8 Å². The number of benzene rings is 1. The fourth-order valence-corrected chi connectivity index (χ4v) is 2.04. The smallest absolute Gasteiger partial charge is 0.250 e. The summed E-state index contributed by atoms with van der Waals surface area (Å²) in [5, 5.41) is 13.9. The van der Waals surface area contributed by atoms with E-state index in [0.29, 0.717) is 5.56 Å². The van der Waals surface area contributed by atoms with Crippen LogP contribution in [0.3, 0.4) is 0 Å². The summed E-state index contributed by atoms with van der Waals surface area (Å²) < 4.78 is 0. The van der Waals surface area contributed by atoms with E-state index < -0.39 is 0 Å². The van der Waals surface area contributed by atoms with Crippen LogP contribution in [0.4, 0.5) is 0 Å². The summed E-state index contributed by atoms with van der Waals surface area (Å²) >= 11 is 1.34. The van der Waals surface area contributed by atoms with Crippen LogP contribution in [0.15, 0.2) is 58.8 Å². The molecule has 0 aliphatic rings. The molecule has 0 aliphatic heterocycles. The summed E-state index contributed by atoms with van der Waals surface area (Å²) in [5.74, 6) is 0.192. The number of hydrazone groups is 1. The number of aromatic nitrogens is 1. The highest BCUT2D eigenvalue weighted by atomic mass is 32.2. The standard InChI is InChI=1S/C14H13N3O2S/c18-12-5-3-4-11(8-12)9-16-17-13(19)10-20-14-6-1-2-7-15-14/h1-9,18H,10H2,(H,17,19)/b16-9-. The Kier molecular flexibility index (Phi) is 5.14. The van der Waals surface area contributed by atoms with Gasteiger partial charge < -0.3 is 5.11 Å². The molecule has 20 heavy (non-hydrogen) atoms. The quantitative estimate of drug-likeness (QED) is 0.501. The van der Waals surface area contributed by atoms with Gasteiger partial charge in [0, 0.05) is 6.20 Å². The Balaban J connectivity index is 1.78. The number of rotatable bonds is 5. The predicted molar refractivity (Wildman–Crippen MR) is 78.8 cm³/mol. The van der Waals surface area contributed by atoms with Crippen LogP contribution in [0.5, 0.6) is 5.75 Å². The van der Waals surface area contributed by atoms with Crippen LogP contribution in [0.25, 0.3) is 0 Å². The molecule has 5 nitrogen and oxygen atoms in total. The second-order valence-corrected chi connectivity index (χ2v) is 4.84. The summed E-state index contributed by atoms with van der Waals surface area (Å²) in [6, 6.07) is 12.1. The number of nitrogens with one attached hydrogen (secondary N) is 1. The zero-order valence-corrected chi connectivity index (χ0v) is 11.4. The van der Waals surface area contributed by atoms with Crippen LogP contribution in [0, 0.1) is 0 Å². The summed E-state index contributed by atoms with van der Waals surface area (Å²) in [6.45, 7) is 0. The van der Waals surface area contributed by atoms with E-state index in [1.54, 1.807) is 30.5 Å². The van der Waals surface area contributed by atoms with E-state index in [9.17, 15) is 9.90 Å². The Morgan fingerprint density at radius 3 is 3.00 bits per heavy atom. The van der Waals surface area contributed by atoms with Crippen LogP contribution < -0.4 is 5.43 Å². The van der Waals surface area contributed by atoms with E-state index >= 15 is 0 Å². The SMILES string of the molecule is O=C(CSc1ccccn1)N/N=C\c1cccc(O)c1. The highest BCUT2D eigenvalue weighted by molar-refractivity contribution is 7.99. The Bertz CT molecular complexity index is 602. The van der Waals surface area contributed by atoms with E-state index in [4.69, 9.17) is 0 Å². The van der Waals surface area contributed by atoms with Crippen LogP contribution in [0.2, 0.25) is 0 Å². The largest absolute Gasteiger partial charge is 0.508 e. The Hall–Kier alpha value is -2.34. The number of hydrogen-bond donors (Lipinski definition) is 2. The molecule has 1 heterocycles. The fraction of sp³-hybridized carbons (Fsp3) is 0.0714. The van der Waals surface area contributed by atoms with Gasteiger partial charge in [0.15, 0.2) is 0 Å². The van der Waals surface area contributed by atoms with Gasteiger partial charge in [-0.2, -0.15) is 5.10 Å². The van der Waals surface area contributed by atoms with Crippen molar-refractivity contribution in [2.45, 2.75) is 5.03 Å². The van der Waals surface area contributed by atoms with E-state index in [2.05, 4.69) is 15.5 Å². The highest BCUT2D eigenvalue weighted by Crippen LogP contribution is 2.13. The molecule has 2 N–H and O–H groups in total. The lowest BCUT2D eigenvalue weighted by atomic mass is 10.2. The third-order valence-electron chi connectivity index (χ3n) is 2.26. The number of phenols is 1. The molecule has 1 aromatic heterocycles. The van der Waals surface area contributed by atoms with Gasteiger partial charge in [-0.3, -0.25) is 4.79 Å². The molecule has 1 aromatic carbocycles. The first-order valence-electron chi connectivity index (χ1n) is 5.89. The van der Waals surface area contributed by atoms with E-state index in [1.165, 1.54) is 18.0 Å². The average molecular weight is 287 g/mol. The molecule has 102 valence electrons. The third kappa shape index (κ3) is 4.74. The Morgan fingerprint density at radius 1 is 1.35 bits per heavy atom. The minimum atomic E-state index is -0.211. The molecule has 6 heteroatoms. The van der Waals surface area contributed by atoms with E-state index in [1.807, 2.05) is 18.2 Å². The van der Waals surface area contributed by atoms with Gasteiger partial charge in [0.05, 0.1) is 17.0 Å².